The number of amides is 1. The standard InChI is InChI=1S/C21H26FN5O2/c1-2-23-21(24-15-20(29)25-17-7-5-6-16(22)14-17)27-12-10-26(11-13-27)18-8-3-4-9-19(18)28/h3-9,14,28H,2,10-13,15H2,1H3,(H,23,24)(H,25,29). The predicted molar refractivity (Wildman–Crippen MR) is 113 cm³/mol. The number of para-hydroxylation sites is 2. The van der Waals surface area contributed by atoms with Crippen LogP contribution in [0.3, 0.4) is 0 Å². The van der Waals surface area contributed by atoms with Gasteiger partial charge in [0.15, 0.2) is 5.96 Å². The number of hydrogen-bond donors (Lipinski definition) is 3. The maximum Gasteiger partial charge on any atom is 0.246 e. The molecule has 0 radical (unpaired) electrons. The molecule has 0 atom stereocenters. The molecule has 0 spiro atoms. The summed E-state index contributed by atoms with van der Waals surface area (Å²) in [6.07, 6.45) is 0. The SMILES string of the molecule is CCNC(=NCC(=O)Nc1cccc(F)c1)N1CCN(c2ccccc2O)CC1. The van der Waals surface area contributed by atoms with E-state index in [9.17, 15) is 14.3 Å². The number of rotatable bonds is 5. The number of guanidine groups is 1. The molecular weight excluding hydrogens is 373 g/mol. The third-order valence-electron chi connectivity index (χ3n) is 4.62. The van der Waals surface area contributed by atoms with Crippen LogP contribution in [0.15, 0.2) is 53.5 Å². The van der Waals surface area contributed by atoms with Crippen molar-refractivity contribution in [3.05, 3.63) is 54.3 Å². The van der Waals surface area contributed by atoms with Crippen LogP contribution in [0, 0.1) is 5.82 Å². The molecule has 0 bridgehead atoms. The van der Waals surface area contributed by atoms with Crippen molar-refractivity contribution in [2.75, 3.05) is 49.5 Å². The first-order valence-electron chi connectivity index (χ1n) is 9.68. The molecule has 7 nitrogen and oxygen atoms in total. The maximum atomic E-state index is 13.2. The number of aromatic hydroxyl groups is 1. The Hall–Kier alpha value is -3.29. The van der Waals surface area contributed by atoms with Crippen LogP contribution in [0.2, 0.25) is 0 Å². The first-order chi connectivity index (χ1) is 14.1. The number of aliphatic imine (C=N–C) groups is 1. The number of anilines is 2. The first-order valence-corrected chi connectivity index (χ1v) is 9.68. The van der Waals surface area contributed by atoms with Crippen molar-refractivity contribution >= 4 is 23.2 Å². The lowest BCUT2D eigenvalue weighted by Gasteiger charge is -2.37. The fourth-order valence-electron chi connectivity index (χ4n) is 3.23. The van der Waals surface area contributed by atoms with Gasteiger partial charge in [0, 0.05) is 38.4 Å². The van der Waals surface area contributed by atoms with E-state index in [0.717, 1.165) is 18.8 Å². The summed E-state index contributed by atoms with van der Waals surface area (Å²) in [7, 11) is 0. The van der Waals surface area contributed by atoms with E-state index in [4.69, 9.17) is 0 Å². The monoisotopic (exact) mass is 399 g/mol. The number of carbonyl (C=O) groups excluding carboxylic acids is 1. The summed E-state index contributed by atoms with van der Waals surface area (Å²) in [6, 6.07) is 13.1. The summed E-state index contributed by atoms with van der Waals surface area (Å²) in [4.78, 5) is 20.8. The van der Waals surface area contributed by atoms with Gasteiger partial charge in [-0.3, -0.25) is 4.79 Å². The predicted octanol–water partition coefficient (Wildman–Crippen LogP) is 2.26. The van der Waals surface area contributed by atoms with Gasteiger partial charge in [-0.1, -0.05) is 18.2 Å². The number of benzene rings is 2. The molecule has 2 aromatic rings. The fourth-order valence-corrected chi connectivity index (χ4v) is 3.23. The van der Waals surface area contributed by atoms with Gasteiger partial charge in [-0.2, -0.15) is 0 Å². The Balaban J connectivity index is 1.58. The molecule has 8 heteroatoms. The van der Waals surface area contributed by atoms with Gasteiger partial charge in [0.2, 0.25) is 5.91 Å². The van der Waals surface area contributed by atoms with E-state index >= 15 is 0 Å². The Bertz CT molecular complexity index is 866. The van der Waals surface area contributed by atoms with Crippen molar-refractivity contribution in [1.82, 2.24) is 10.2 Å². The minimum Gasteiger partial charge on any atom is -0.506 e. The number of phenols is 1. The van der Waals surface area contributed by atoms with Crippen molar-refractivity contribution in [3.8, 4) is 5.75 Å². The molecule has 1 heterocycles. The van der Waals surface area contributed by atoms with E-state index < -0.39 is 5.82 Å². The molecule has 3 N–H and O–H groups in total. The summed E-state index contributed by atoms with van der Waals surface area (Å²) in [5.41, 5.74) is 1.23. The van der Waals surface area contributed by atoms with Crippen molar-refractivity contribution in [2.45, 2.75) is 6.92 Å². The second-order valence-electron chi connectivity index (χ2n) is 6.69. The van der Waals surface area contributed by atoms with Crippen molar-refractivity contribution in [2.24, 2.45) is 4.99 Å². The lowest BCUT2D eigenvalue weighted by atomic mass is 10.2. The molecular formula is C21H26FN5O2. The molecule has 1 saturated heterocycles. The van der Waals surface area contributed by atoms with E-state index in [1.807, 2.05) is 19.1 Å². The second-order valence-corrected chi connectivity index (χ2v) is 6.69. The fraction of sp³-hybridized carbons (Fsp3) is 0.333. The third kappa shape index (κ3) is 5.60. The van der Waals surface area contributed by atoms with Crippen LogP contribution in [0.5, 0.6) is 5.75 Å². The molecule has 29 heavy (non-hydrogen) atoms. The second kappa shape index (κ2) is 9.77. The minimum atomic E-state index is -0.401. The average Bonchev–Trinajstić information content (AvgIpc) is 2.72. The van der Waals surface area contributed by atoms with Gasteiger partial charge in [-0.25, -0.2) is 9.38 Å². The normalized spacial score (nSPS) is 14.6. The van der Waals surface area contributed by atoms with Gasteiger partial charge >= 0.3 is 0 Å². The van der Waals surface area contributed by atoms with Crippen LogP contribution in [0.1, 0.15) is 6.92 Å². The van der Waals surface area contributed by atoms with E-state index in [1.165, 1.54) is 12.1 Å². The van der Waals surface area contributed by atoms with Crippen molar-refractivity contribution in [1.29, 1.82) is 0 Å². The van der Waals surface area contributed by atoms with Gasteiger partial charge in [-0.05, 0) is 37.3 Å². The Morgan fingerprint density at radius 3 is 2.59 bits per heavy atom. The topological polar surface area (TPSA) is 80.2 Å². The van der Waals surface area contributed by atoms with E-state index in [2.05, 4.69) is 25.4 Å². The smallest absolute Gasteiger partial charge is 0.246 e. The van der Waals surface area contributed by atoms with E-state index in [1.54, 1.807) is 24.3 Å². The molecule has 154 valence electrons. The van der Waals surface area contributed by atoms with Crippen LogP contribution < -0.4 is 15.5 Å². The summed E-state index contributed by atoms with van der Waals surface area (Å²) in [5.74, 6) is 0.232. The number of carbonyl (C=O) groups is 1. The van der Waals surface area contributed by atoms with Gasteiger partial charge in [0.25, 0.3) is 0 Å². The highest BCUT2D eigenvalue weighted by Crippen LogP contribution is 2.27. The van der Waals surface area contributed by atoms with Gasteiger partial charge < -0.3 is 25.5 Å². The zero-order valence-corrected chi connectivity index (χ0v) is 16.4. The largest absolute Gasteiger partial charge is 0.506 e. The summed E-state index contributed by atoms with van der Waals surface area (Å²) in [6.45, 7) is 5.50. The Labute approximate surface area is 169 Å². The molecule has 0 unspecified atom stereocenters. The lowest BCUT2D eigenvalue weighted by Crippen LogP contribution is -2.52. The first kappa shape index (κ1) is 20.4. The molecule has 0 saturated carbocycles. The molecule has 0 aliphatic carbocycles. The molecule has 0 aromatic heterocycles. The Kier molecular flexibility index (Phi) is 6.89. The molecule has 1 aliphatic heterocycles. The molecule has 3 rings (SSSR count). The zero-order chi connectivity index (χ0) is 20.6. The highest BCUT2D eigenvalue weighted by Gasteiger charge is 2.21. The number of nitrogens with one attached hydrogen (secondary N) is 2. The maximum absolute atomic E-state index is 13.2. The number of piperazine rings is 1. The molecule has 2 aromatic carbocycles. The zero-order valence-electron chi connectivity index (χ0n) is 16.4. The van der Waals surface area contributed by atoms with Gasteiger partial charge in [0.1, 0.15) is 18.1 Å². The highest BCUT2D eigenvalue weighted by atomic mass is 19.1. The van der Waals surface area contributed by atoms with Crippen LogP contribution in [0.25, 0.3) is 0 Å². The summed E-state index contributed by atoms with van der Waals surface area (Å²) in [5, 5.41) is 15.9. The molecule has 1 aliphatic rings. The Morgan fingerprint density at radius 1 is 1.14 bits per heavy atom. The van der Waals surface area contributed by atoms with Crippen LogP contribution >= 0.6 is 0 Å². The van der Waals surface area contributed by atoms with Crippen molar-refractivity contribution in [3.63, 3.8) is 0 Å². The number of nitrogens with zero attached hydrogens (tertiary/aromatic N) is 3. The molecule has 1 fully saturated rings. The van der Waals surface area contributed by atoms with Gasteiger partial charge in [-0.15, -0.1) is 0 Å². The number of hydrogen-bond acceptors (Lipinski definition) is 4. The average molecular weight is 399 g/mol. The number of halogens is 1. The van der Waals surface area contributed by atoms with Crippen molar-refractivity contribution < 1.29 is 14.3 Å². The van der Waals surface area contributed by atoms with Crippen LogP contribution in [0.4, 0.5) is 15.8 Å². The summed E-state index contributed by atoms with van der Waals surface area (Å²) < 4.78 is 13.2. The number of phenolic OH excluding ortho intramolecular Hbond substituents is 1. The van der Waals surface area contributed by atoms with Crippen LogP contribution in [-0.4, -0.2) is 61.1 Å². The van der Waals surface area contributed by atoms with Crippen LogP contribution in [-0.2, 0) is 4.79 Å². The van der Waals surface area contributed by atoms with E-state index in [0.29, 0.717) is 31.3 Å². The Morgan fingerprint density at radius 2 is 1.90 bits per heavy atom. The minimum absolute atomic E-state index is 0.0570. The lowest BCUT2D eigenvalue weighted by molar-refractivity contribution is -0.114. The van der Waals surface area contributed by atoms with Gasteiger partial charge in [0.05, 0.1) is 5.69 Å². The van der Waals surface area contributed by atoms with E-state index in [-0.39, 0.29) is 18.2 Å². The quantitative estimate of drug-likeness (QED) is 0.531. The summed E-state index contributed by atoms with van der Waals surface area (Å²) >= 11 is 0. The third-order valence-corrected chi connectivity index (χ3v) is 4.62. The highest BCUT2D eigenvalue weighted by molar-refractivity contribution is 5.94. The molecule has 1 amide bonds.